The molecule has 0 atom stereocenters. The molecule has 0 saturated heterocycles. The van der Waals surface area contributed by atoms with Crippen LogP contribution in [0.1, 0.15) is 27.0 Å². The molecule has 0 spiro atoms. The van der Waals surface area contributed by atoms with Crippen LogP contribution in [-0.2, 0) is 11.3 Å². The highest BCUT2D eigenvalue weighted by molar-refractivity contribution is 6.37. The molecule has 8 heteroatoms. The molecule has 3 aromatic carbocycles. The number of carbonyl (C=O) groups excluding carboxylic acids is 1. The fraction of sp³-hybridized carbons (Fsp3) is 0.103. The molecule has 4 aromatic rings. The highest BCUT2D eigenvalue weighted by Gasteiger charge is 2.17. The Kier molecular flexibility index (Phi) is 8.67. The Bertz CT molecular complexity index is 1400. The first-order valence-electron chi connectivity index (χ1n) is 11.2. The molecule has 0 aliphatic heterocycles. The van der Waals surface area contributed by atoms with Gasteiger partial charge in [0.05, 0.1) is 29.8 Å². The van der Waals surface area contributed by atoms with Gasteiger partial charge < -0.3 is 18.9 Å². The van der Waals surface area contributed by atoms with Crippen molar-refractivity contribution in [1.82, 2.24) is 4.98 Å². The van der Waals surface area contributed by atoms with Gasteiger partial charge in [0, 0.05) is 23.5 Å². The fourth-order valence-corrected chi connectivity index (χ4v) is 3.94. The number of hydrogen-bond acceptors (Lipinski definition) is 6. The van der Waals surface area contributed by atoms with Crippen molar-refractivity contribution in [3.63, 3.8) is 0 Å². The number of carbonyl (C=O) groups is 1. The topological polar surface area (TPSA) is 66.9 Å². The van der Waals surface area contributed by atoms with E-state index in [1.165, 1.54) is 26.6 Å². The number of methoxy groups -OCH3 is 2. The summed E-state index contributed by atoms with van der Waals surface area (Å²) in [5.74, 6) is 1.14. The summed E-state index contributed by atoms with van der Waals surface area (Å²) in [4.78, 5) is 17.2. The third-order valence-electron chi connectivity index (χ3n) is 5.35. The van der Waals surface area contributed by atoms with E-state index in [1.807, 2.05) is 30.3 Å². The van der Waals surface area contributed by atoms with Crippen LogP contribution in [0.15, 0.2) is 85.2 Å². The Morgan fingerprint density at radius 2 is 1.57 bits per heavy atom. The SMILES string of the molecule is COc1ccc(/C(=C/c2c(Cl)cncc2Cl)OC(=O)c2cccc(OCc3ccccc3)c2)cc1OC. The van der Waals surface area contributed by atoms with E-state index in [0.717, 1.165) is 5.56 Å². The molecule has 0 N–H and O–H groups in total. The van der Waals surface area contributed by atoms with Crippen LogP contribution in [-0.4, -0.2) is 25.2 Å². The molecule has 37 heavy (non-hydrogen) atoms. The summed E-state index contributed by atoms with van der Waals surface area (Å²) >= 11 is 12.7. The molecular weight excluding hydrogens is 513 g/mol. The summed E-state index contributed by atoms with van der Waals surface area (Å²) in [7, 11) is 3.06. The Morgan fingerprint density at radius 3 is 2.27 bits per heavy atom. The number of esters is 1. The second-order valence-corrected chi connectivity index (χ2v) is 8.60. The summed E-state index contributed by atoms with van der Waals surface area (Å²) in [6.07, 6.45) is 4.50. The monoisotopic (exact) mass is 535 g/mol. The van der Waals surface area contributed by atoms with E-state index in [4.69, 9.17) is 42.1 Å². The molecule has 6 nitrogen and oxygen atoms in total. The minimum absolute atomic E-state index is 0.205. The number of halogens is 2. The molecule has 0 fully saturated rings. The lowest BCUT2D eigenvalue weighted by Crippen LogP contribution is -2.06. The molecule has 0 bridgehead atoms. The first-order valence-corrected chi connectivity index (χ1v) is 12.0. The number of pyridine rings is 1. The predicted molar refractivity (Wildman–Crippen MR) is 144 cm³/mol. The molecule has 4 rings (SSSR count). The van der Waals surface area contributed by atoms with Gasteiger partial charge in [-0.15, -0.1) is 0 Å². The van der Waals surface area contributed by atoms with Gasteiger partial charge in [0.1, 0.15) is 18.1 Å². The van der Waals surface area contributed by atoms with Gasteiger partial charge in [-0.25, -0.2) is 4.79 Å². The predicted octanol–water partition coefficient (Wildman–Crippen LogP) is 7.34. The van der Waals surface area contributed by atoms with Gasteiger partial charge in [-0.3, -0.25) is 4.98 Å². The lowest BCUT2D eigenvalue weighted by atomic mass is 10.1. The Balaban J connectivity index is 1.65. The van der Waals surface area contributed by atoms with Crippen LogP contribution < -0.4 is 14.2 Å². The van der Waals surface area contributed by atoms with Crippen LogP contribution in [0.4, 0.5) is 0 Å². The molecule has 0 aliphatic carbocycles. The number of rotatable bonds is 9. The lowest BCUT2D eigenvalue weighted by Gasteiger charge is -2.14. The zero-order chi connectivity index (χ0) is 26.2. The van der Waals surface area contributed by atoms with Crippen molar-refractivity contribution in [2.75, 3.05) is 14.2 Å². The van der Waals surface area contributed by atoms with Crippen LogP contribution in [0.3, 0.4) is 0 Å². The van der Waals surface area contributed by atoms with Gasteiger partial charge >= 0.3 is 5.97 Å². The standard InChI is InChI=1S/C29H23Cl2NO5/c1-34-26-12-11-20(14-28(26)35-2)27(15-23-24(30)16-32-17-25(23)31)37-29(33)21-9-6-10-22(13-21)36-18-19-7-4-3-5-8-19/h3-17H,18H2,1-2H3/b27-15-. The number of nitrogens with zero attached hydrogens (tertiary/aromatic N) is 1. The van der Waals surface area contributed by atoms with Crippen LogP contribution in [0.5, 0.6) is 17.2 Å². The molecule has 0 saturated carbocycles. The third-order valence-corrected chi connectivity index (χ3v) is 5.96. The van der Waals surface area contributed by atoms with E-state index in [-0.39, 0.29) is 5.76 Å². The summed E-state index contributed by atoms with van der Waals surface area (Å²) in [5, 5.41) is 0.607. The van der Waals surface area contributed by atoms with Crippen molar-refractivity contribution in [3.8, 4) is 17.2 Å². The Labute approximate surface area is 225 Å². The number of hydrogen-bond donors (Lipinski definition) is 0. The van der Waals surface area contributed by atoms with E-state index in [0.29, 0.717) is 50.6 Å². The number of aromatic nitrogens is 1. The highest BCUT2D eigenvalue weighted by atomic mass is 35.5. The first-order chi connectivity index (χ1) is 18.0. The molecule has 0 unspecified atom stereocenters. The minimum Gasteiger partial charge on any atom is -0.493 e. The fourth-order valence-electron chi connectivity index (χ4n) is 3.46. The van der Waals surface area contributed by atoms with Gasteiger partial charge in [0.2, 0.25) is 0 Å². The minimum atomic E-state index is -0.590. The van der Waals surface area contributed by atoms with Crippen molar-refractivity contribution < 1.29 is 23.7 Å². The summed E-state index contributed by atoms with van der Waals surface area (Å²) in [6, 6.07) is 21.7. The van der Waals surface area contributed by atoms with Crippen LogP contribution in [0, 0.1) is 0 Å². The molecular formula is C29H23Cl2NO5. The third kappa shape index (κ3) is 6.61. The van der Waals surface area contributed by atoms with E-state index in [9.17, 15) is 4.79 Å². The zero-order valence-electron chi connectivity index (χ0n) is 20.1. The average Bonchev–Trinajstić information content (AvgIpc) is 2.93. The number of ether oxygens (including phenoxy) is 4. The van der Waals surface area contributed by atoms with Crippen LogP contribution in [0.25, 0.3) is 11.8 Å². The average molecular weight is 536 g/mol. The maximum atomic E-state index is 13.2. The highest BCUT2D eigenvalue weighted by Crippen LogP contribution is 2.34. The molecule has 0 amide bonds. The van der Waals surface area contributed by atoms with E-state index in [2.05, 4.69) is 4.98 Å². The summed E-state index contributed by atoms with van der Waals surface area (Å²) < 4.78 is 22.5. The second kappa shape index (κ2) is 12.3. The van der Waals surface area contributed by atoms with Gasteiger partial charge in [0.15, 0.2) is 11.5 Å². The smallest absolute Gasteiger partial charge is 0.343 e. The molecule has 188 valence electrons. The Morgan fingerprint density at radius 1 is 0.838 bits per heavy atom. The Hall–Kier alpha value is -4.00. The summed E-state index contributed by atoms with van der Waals surface area (Å²) in [6.45, 7) is 0.370. The van der Waals surface area contributed by atoms with Gasteiger partial charge in [-0.1, -0.05) is 59.6 Å². The van der Waals surface area contributed by atoms with Crippen LogP contribution >= 0.6 is 23.2 Å². The second-order valence-electron chi connectivity index (χ2n) is 7.79. The normalized spacial score (nSPS) is 11.1. The summed E-state index contributed by atoms with van der Waals surface area (Å²) in [5.41, 5.74) is 2.33. The van der Waals surface area contributed by atoms with E-state index < -0.39 is 5.97 Å². The van der Waals surface area contributed by atoms with Crippen molar-refractivity contribution >= 4 is 41.0 Å². The van der Waals surface area contributed by atoms with Gasteiger partial charge in [0.25, 0.3) is 0 Å². The quantitative estimate of drug-likeness (QED) is 0.165. The molecule has 1 heterocycles. The maximum Gasteiger partial charge on any atom is 0.343 e. The number of benzene rings is 3. The lowest BCUT2D eigenvalue weighted by molar-refractivity contribution is 0.0693. The zero-order valence-corrected chi connectivity index (χ0v) is 21.6. The van der Waals surface area contributed by atoms with Gasteiger partial charge in [-0.05, 0) is 48.0 Å². The van der Waals surface area contributed by atoms with Gasteiger partial charge in [-0.2, -0.15) is 0 Å². The molecule has 0 aliphatic rings. The van der Waals surface area contributed by atoms with Crippen molar-refractivity contribution in [2.45, 2.75) is 6.61 Å². The largest absolute Gasteiger partial charge is 0.493 e. The van der Waals surface area contributed by atoms with Crippen molar-refractivity contribution in [3.05, 3.63) is 117 Å². The van der Waals surface area contributed by atoms with Crippen molar-refractivity contribution in [2.24, 2.45) is 0 Å². The first kappa shape index (κ1) is 26.1. The van der Waals surface area contributed by atoms with E-state index >= 15 is 0 Å². The molecule has 0 radical (unpaired) electrons. The molecule has 1 aromatic heterocycles. The van der Waals surface area contributed by atoms with E-state index in [1.54, 1.807) is 48.5 Å². The van der Waals surface area contributed by atoms with Crippen molar-refractivity contribution in [1.29, 1.82) is 0 Å². The van der Waals surface area contributed by atoms with Crippen LogP contribution in [0.2, 0.25) is 10.0 Å². The maximum absolute atomic E-state index is 13.2.